The molecule has 72 valence electrons. The Hall–Kier alpha value is -1.04. The molecule has 0 unspecified atom stereocenters. The molecule has 1 rings (SSSR count). The molecule has 0 spiro atoms. The van der Waals surface area contributed by atoms with E-state index in [0.29, 0.717) is 0 Å². The standard InChI is InChI=1S/C11H14.C2H6/c1-9(2)8-11-7-5-4-6-10(11)3;1-2/h4-7H,1,8H2,2-3H3;1-2H3. The molecular weight excluding hydrogens is 156 g/mol. The zero-order chi connectivity index (χ0) is 10.3. The Morgan fingerprint density at radius 3 is 2.23 bits per heavy atom. The van der Waals surface area contributed by atoms with Gasteiger partial charge in [0.2, 0.25) is 0 Å². The molecule has 0 heterocycles. The van der Waals surface area contributed by atoms with Crippen molar-refractivity contribution >= 4 is 0 Å². The number of hydrogen-bond acceptors (Lipinski definition) is 0. The number of rotatable bonds is 2. The van der Waals surface area contributed by atoms with Crippen molar-refractivity contribution in [1.82, 2.24) is 0 Å². The normalized spacial score (nSPS) is 8.62. The van der Waals surface area contributed by atoms with Gasteiger partial charge in [-0.2, -0.15) is 0 Å². The van der Waals surface area contributed by atoms with E-state index in [1.165, 1.54) is 16.7 Å². The fourth-order valence-corrected chi connectivity index (χ4v) is 1.13. The predicted octanol–water partition coefficient (Wildman–Crippen LogP) is 4.14. The summed E-state index contributed by atoms with van der Waals surface area (Å²) in [5, 5.41) is 0. The Bertz CT molecular complexity index is 258. The first-order valence-corrected chi connectivity index (χ1v) is 4.89. The van der Waals surface area contributed by atoms with E-state index in [-0.39, 0.29) is 0 Å². The zero-order valence-electron chi connectivity index (χ0n) is 9.22. The molecule has 0 amide bonds. The molecule has 0 radical (unpaired) electrons. The average molecular weight is 176 g/mol. The van der Waals surface area contributed by atoms with Crippen LogP contribution in [0.15, 0.2) is 36.4 Å². The highest BCUT2D eigenvalue weighted by Gasteiger charge is 1.95. The van der Waals surface area contributed by atoms with Gasteiger partial charge in [-0.3, -0.25) is 0 Å². The molecule has 0 atom stereocenters. The summed E-state index contributed by atoms with van der Waals surface area (Å²) in [6.07, 6.45) is 1.01. The summed E-state index contributed by atoms with van der Waals surface area (Å²) in [7, 11) is 0. The second kappa shape index (κ2) is 6.47. The molecule has 0 aliphatic heterocycles. The van der Waals surface area contributed by atoms with E-state index in [9.17, 15) is 0 Å². The van der Waals surface area contributed by atoms with Gasteiger partial charge < -0.3 is 0 Å². The van der Waals surface area contributed by atoms with Crippen LogP contribution < -0.4 is 0 Å². The van der Waals surface area contributed by atoms with E-state index in [4.69, 9.17) is 0 Å². The number of allylic oxidation sites excluding steroid dienone is 1. The van der Waals surface area contributed by atoms with Crippen LogP contribution in [0.3, 0.4) is 0 Å². The van der Waals surface area contributed by atoms with Crippen LogP contribution in [-0.4, -0.2) is 0 Å². The Morgan fingerprint density at radius 1 is 1.23 bits per heavy atom. The fourth-order valence-electron chi connectivity index (χ4n) is 1.13. The monoisotopic (exact) mass is 176 g/mol. The van der Waals surface area contributed by atoms with Gasteiger partial charge in [0.1, 0.15) is 0 Å². The van der Waals surface area contributed by atoms with Crippen LogP contribution in [0.25, 0.3) is 0 Å². The van der Waals surface area contributed by atoms with Gasteiger partial charge >= 0.3 is 0 Å². The molecule has 13 heavy (non-hydrogen) atoms. The lowest BCUT2D eigenvalue weighted by Crippen LogP contribution is -1.88. The highest BCUT2D eigenvalue weighted by Crippen LogP contribution is 2.10. The maximum Gasteiger partial charge on any atom is -0.00700 e. The van der Waals surface area contributed by atoms with Gasteiger partial charge in [0.05, 0.1) is 0 Å². The molecule has 1 aromatic rings. The van der Waals surface area contributed by atoms with Gasteiger partial charge in [-0.1, -0.05) is 50.3 Å². The summed E-state index contributed by atoms with van der Waals surface area (Å²) in [5.74, 6) is 0. The van der Waals surface area contributed by atoms with Gasteiger partial charge in [0.25, 0.3) is 0 Å². The molecule has 0 nitrogen and oxygen atoms in total. The van der Waals surface area contributed by atoms with E-state index in [2.05, 4.69) is 44.7 Å². The lowest BCUT2D eigenvalue weighted by atomic mass is 10.0. The second-order valence-corrected chi connectivity index (χ2v) is 3.06. The summed E-state index contributed by atoms with van der Waals surface area (Å²) in [6.45, 7) is 12.1. The van der Waals surface area contributed by atoms with Crippen LogP contribution in [0.4, 0.5) is 0 Å². The van der Waals surface area contributed by atoms with Crippen LogP contribution in [0.2, 0.25) is 0 Å². The lowest BCUT2D eigenvalue weighted by molar-refractivity contribution is 1.13. The van der Waals surface area contributed by atoms with Crippen molar-refractivity contribution in [2.75, 3.05) is 0 Å². The van der Waals surface area contributed by atoms with Crippen molar-refractivity contribution < 1.29 is 0 Å². The zero-order valence-corrected chi connectivity index (χ0v) is 9.22. The second-order valence-electron chi connectivity index (χ2n) is 3.06. The van der Waals surface area contributed by atoms with Crippen LogP contribution in [-0.2, 0) is 6.42 Å². The molecule has 0 saturated carbocycles. The Morgan fingerprint density at radius 2 is 1.77 bits per heavy atom. The molecule has 0 fully saturated rings. The molecule has 0 N–H and O–H groups in total. The van der Waals surface area contributed by atoms with Crippen LogP contribution >= 0.6 is 0 Å². The highest BCUT2D eigenvalue weighted by atomic mass is 14.0. The minimum atomic E-state index is 1.01. The number of benzene rings is 1. The minimum Gasteiger partial charge on any atom is -0.0998 e. The molecule has 1 aromatic carbocycles. The number of hydrogen-bond donors (Lipinski definition) is 0. The lowest BCUT2D eigenvalue weighted by Gasteiger charge is -2.03. The van der Waals surface area contributed by atoms with Crippen molar-refractivity contribution in [1.29, 1.82) is 0 Å². The van der Waals surface area contributed by atoms with Crippen LogP contribution in [0, 0.1) is 6.92 Å². The molecule has 0 aliphatic rings. The predicted molar refractivity (Wildman–Crippen MR) is 61.0 cm³/mol. The molecule has 0 heteroatoms. The summed E-state index contributed by atoms with van der Waals surface area (Å²) in [5.41, 5.74) is 3.97. The first-order valence-electron chi connectivity index (χ1n) is 4.89. The van der Waals surface area contributed by atoms with Crippen molar-refractivity contribution in [3.63, 3.8) is 0 Å². The Kier molecular flexibility index (Phi) is 5.96. The van der Waals surface area contributed by atoms with E-state index in [0.717, 1.165) is 6.42 Å². The minimum absolute atomic E-state index is 1.01. The largest absolute Gasteiger partial charge is 0.0998 e. The third-order valence-corrected chi connectivity index (χ3v) is 1.75. The van der Waals surface area contributed by atoms with E-state index in [1.807, 2.05) is 13.8 Å². The van der Waals surface area contributed by atoms with Crippen LogP contribution in [0.1, 0.15) is 31.9 Å². The van der Waals surface area contributed by atoms with E-state index in [1.54, 1.807) is 0 Å². The molecule has 0 saturated heterocycles. The van der Waals surface area contributed by atoms with Crippen molar-refractivity contribution in [3.05, 3.63) is 47.5 Å². The summed E-state index contributed by atoms with van der Waals surface area (Å²) in [4.78, 5) is 0. The summed E-state index contributed by atoms with van der Waals surface area (Å²) < 4.78 is 0. The Balaban J connectivity index is 0.000000671. The molecule has 0 bridgehead atoms. The SMILES string of the molecule is C=C(C)Cc1ccccc1C.CC. The topological polar surface area (TPSA) is 0 Å². The van der Waals surface area contributed by atoms with Gasteiger partial charge in [-0.05, 0) is 31.4 Å². The van der Waals surface area contributed by atoms with Gasteiger partial charge in [-0.15, -0.1) is 0 Å². The molecule has 0 aromatic heterocycles. The average Bonchev–Trinajstić information content (AvgIpc) is 2.12. The molecular formula is C13H20. The van der Waals surface area contributed by atoms with Crippen LogP contribution in [0.5, 0.6) is 0 Å². The van der Waals surface area contributed by atoms with Crippen molar-refractivity contribution in [2.45, 2.75) is 34.1 Å². The van der Waals surface area contributed by atoms with Crippen molar-refractivity contribution in [3.8, 4) is 0 Å². The maximum absolute atomic E-state index is 3.89. The van der Waals surface area contributed by atoms with E-state index < -0.39 is 0 Å². The third-order valence-electron chi connectivity index (χ3n) is 1.75. The van der Waals surface area contributed by atoms with Gasteiger partial charge in [0.15, 0.2) is 0 Å². The Labute approximate surface area is 82.3 Å². The van der Waals surface area contributed by atoms with Gasteiger partial charge in [-0.25, -0.2) is 0 Å². The first-order chi connectivity index (χ1) is 6.20. The first kappa shape index (κ1) is 12.0. The van der Waals surface area contributed by atoms with E-state index >= 15 is 0 Å². The van der Waals surface area contributed by atoms with Gasteiger partial charge in [0, 0.05) is 0 Å². The maximum atomic E-state index is 3.89. The fraction of sp³-hybridized carbons (Fsp3) is 0.385. The highest BCUT2D eigenvalue weighted by molar-refractivity contribution is 5.28. The van der Waals surface area contributed by atoms with Crippen molar-refractivity contribution in [2.24, 2.45) is 0 Å². The smallest absolute Gasteiger partial charge is 0.00700 e. The quantitative estimate of drug-likeness (QED) is 0.594. The molecule has 0 aliphatic carbocycles. The third kappa shape index (κ3) is 4.51. The summed E-state index contributed by atoms with van der Waals surface area (Å²) in [6, 6.07) is 8.44. The summed E-state index contributed by atoms with van der Waals surface area (Å²) >= 11 is 0. The number of aryl methyl sites for hydroxylation is 1.